The average Bonchev–Trinajstić information content (AvgIpc) is 3.24. The van der Waals surface area contributed by atoms with Crippen LogP contribution in [0.25, 0.3) is 0 Å². The lowest BCUT2D eigenvalue weighted by molar-refractivity contribution is -0.118. The number of carbonyl (C=O) groups excluding carboxylic acids is 1. The first kappa shape index (κ1) is 22.8. The van der Waals surface area contributed by atoms with Gasteiger partial charge in [0.05, 0.1) is 36.5 Å². The summed E-state index contributed by atoms with van der Waals surface area (Å²) in [4.78, 5) is 15.2. The van der Waals surface area contributed by atoms with Crippen LogP contribution in [0.4, 0.5) is 5.13 Å². The van der Waals surface area contributed by atoms with Crippen LogP contribution in [0.1, 0.15) is 38.2 Å². The predicted octanol–water partition coefficient (Wildman–Crippen LogP) is 4.10. The molecule has 2 N–H and O–H groups in total. The summed E-state index contributed by atoms with van der Waals surface area (Å²) in [5.41, 5.74) is 8.60. The van der Waals surface area contributed by atoms with Crippen molar-refractivity contribution >= 4 is 34.0 Å². The minimum atomic E-state index is -0.624. The van der Waals surface area contributed by atoms with Crippen LogP contribution in [-0.4, -0.2) is 28.8 Å². The fraction of sp³-hybridized carbons (Fsp3) is 0.348. The molecule has 0 amide bonds. The zero-order valence-corrected chi connectivity index (χ0v) is 20.1. The van der Waals surface area contributed by atoms with E-state index in [1.54, 1.807) is 12.0 Å². The third kappa shape index (κ3) is 4.08. The molecular weight excluding hydrogens is 456 g/mol. The molecule has 1 aliphatic carbocycles. The summed E-state index contributed by atoms with van der Waals surface area (Å²) < 4.78 is 6.18. The van der Waals surface area contributed by atoms with E-state index in [2.05, 4.69) is 22.3 Å². The number of carbonyl (C=O) groups is 1. The van der Waals surface area contributed by atoms with E-state index in [9.17, 15) is 10.1 Å². The standard InChI is InChI=1S/C23H22N6O2S2/c1-23(2)10-15-19(16(30)11-23)18(13-6-4-5-7-17(13)31-3)14(12-25)20(26)29(15)21-27-28-22(33-21)32-9-8-24/h4-7,18H,9-11,26H2,1-3H3. The molecule has 1 aromatic carbocycles. The van der Waals surface area contributed by atoms with Gasteiger partial charge in [-0.15, -0.1) is 10.2 Å². The zero-order valence-electron chi connectivity index (χ0n) is 18.5. The number of ketones is 1. The van der Waals surface area contributed by atoms with Crippen LogP contribution in [0.5, 0.6) is 5.75 Å². The van der Waals surface area contributed by atoms with Gasteiger partial charge in [-0.2, -0.15) is 10.5 Å². The molecule has 0 saturated heterocycles. The van der Waals surface area contributed by atoms with Crippen molar-refractivity contribution in [2.75, 3.05) is 17.8 Å². The smallest absolute Gasteiger partial charge is 0.219 e. The van der Waals surface area contributed by atoms with E-state index in [0.717, 1.165) is 11.3 Å². The van der Waals surface area contributed by atoms with E-state index in [1.807, 2.05) is 38.1 Å². The highest BCUT2D eigenvalue weighted by Crippen LogP contribution is 2.51. The number of rotatable bonds is 5. The summed E-state index contributed by atoms with van der Waals surface area (Å²) in [5.74, 6) is 0.420. The molecule has 8 nitrogen and oxygen atoms in total. The number of allylic oxidation sites excluding steroid dienone is 3. The number of nitrogens with zero attached hydrogens (tertiary/aromatic N) is 5. The molecule has 0 spiro atoms. The van der Waals surface area contributed by atoms with Crippen LogP contribution in [0.3, 0.4) is 0 Å². The Bertz CT molecular complexity index is 1260. The summed E-state index contributed by atoms with van der Waals surface area (Å²) in [5, 5.41) is 27.9. The SMILES string of the molecule is COc1ccccc1C1C(C#N)=C(N)N(c2nnc(SCC#N)s2)C2=C1C(=O)CC(C)(C)C2. The van der Waals surface area contributed by atoms with Crippen LogP contribution in [0.15, 0.2) is 51.3 Å². The van der Waals surface area contributed by atoms with Crippen molar-refractivity contribution in [1.29, 1.82) is 10.5 Å². The maximum atomic E-state index is 13.5. The second-order valence-corrected chi connectivity index (χ2v) is 10.7. The quantitative estimate of drug-likeness (QED) is 0.631. The molecule has 10 heteroatoms. The van der Waals surface area contributed by atoms with Crippen LogP contribution in [0, 0.1) is 28.1 Å². The second-order valence-electron chi connectivity index (χ2n) is 8.52. The Morgan fingerprint density at radius 2 is 2.06 bits per heavy atom. The first-order valence-electron chi connectivity index (χ1n) is 10.2. The number of hydrogen-bond donors (Lipinski definition) is 1. The topological polar surface area (TPSA) is 129 Å². The molecule has 1 aromatic heterocycles. The molecule has 1 unspecified atom stereocenters. The Balaban J connectivity index is 1.95. The third-order valence-electron chi connectivity index (χ3n) is 5.68. The van der Waals surface area contributed by atoms with Crippen molar-refractivity contribution in [2.45, 2.75) is 36.9 Å². The molecule has 0 bridgehead atoms. The van der Waals surface area contributed by atoms with Crippen LogP contribution in [0.2, 0.25) is 0 Å². The number of methoxy groups -OCH3 is 1. The Labute approximate surface area is 200 Å². The molecule has 0 fully saturated rings. The van der Waals surface area contributed by atoms with Gasteiger partial charge in [0, 0.05) is 23.3 Å². The van der Waals surface area contributed by atoms with Crippen molar-refractivity contribution in [2.24, 2.45) is 11.1 Å². The fourth-order valence-electron chi connectivity index (χ4n) is 4.39. The number of thioether (sulfide) groups is 1. The largest absolute Gasteiger partial charge is 0.496 e. The summed E-state index contributed by atoms with van der Waals surface area (Å²) in [6.07, 6.45) is 0.947. The average molecular weight is 479 g/mol. The summed E-state index contributed by atoms with van der Waals surface area (Å²) >= 11 is 2.56. The molecule has 168 valence electrons. The van der Waals surface area contributed by atoms with Crippen molar-refractivity contribution in [3.8, 4) is 17.9 Å². The molecule has 0 radical (unpaired) electrons. The van der Waals surface area contributed by atoms with E-state index >= 15 is 0 Å². The number of benzene rings is 1. The number of nitriles is 2. The van der Waals surface area contributed by atoms with Crippen molar-refractivity contribution in [3.63, 3.8) is 0 Å². The minimum Gasteiger partial charge on any atom is -0.496 e. The lowest BCUT2D eigenvalue weighted by Gasteiger charge is -2.42. The molecule has 0 saturated carbocycles. The van der Waals surface area contributed by atoms with E-state index in [1.165, 1.54) is 23.1 Å². The summed E-state index contributed by atoms with van der Waals surface area (Å²) in [7, 11) is 1.57. The summed E-state index contributed by atoms with van der Waals surface area (Å²) in [6.45, 7) is 4.08. The normalized spacial score (nSPS) is 19.7. The van der Waals surface area contributed by atoms with Gasteiger partial charge in [0.15, 0.2) is 10.1 Å². The highest BCUT2D eigenvalue weighted by Gasteiger charge is 2.46. The van der Waals surface area contributed by atoms with E-state index in [0.29, 0.717) is 33.6 Å². The predicted molar refractivity (Wildman–Crippen MR) is 126 cm³/mol. The van der Waals surface area contributed by atoms with Gasteiger partial charge in [0.1, 0.15) is 11.6 Å². The van der Waals surface area contributed by atoms with Crippen LogP contribution < -0.4 is 15.4 Å². The second kappa shape index (κ2) is 8.89. The molecule has 33 heavy (non-hydrogen) atoms. The lowest BCUT2D eigenvalue weighted by atomic mass is 9.68. The Morgan fingerprint density at radius 1 is 1.30 bits per heavy atom. The number of ether oxygens (including phenoxy) is 1. The van der Waals surface area contributed by atoms with Crippen LogP contribution >= 0.6 is 23.1 Å². The van der Waals surface area contributed by atoms with Gasteiger partial charge in [-0.25, -0.2) is 0 Å². The first-order chi connectivity index (χ1) is 15.8. The van der Waals surface area contributed by atoms with Gasteiger partial charge >= 0.3 is 0 Å². The van der Waals surface area contributed by atoms with Gasteiger partial charge in [-0.1, -0.05) is 55.1 Å². The Morgan fingerprint density at radius 3 is 2.76 bits per heavy atom. The molecule has 2 heterocycles. The molecule has 2 aromatic rings. The number of anilines is 1. The van der Waals surface area contributed by atoms with Gasteiger partial charge in [-0.3, -0.25) is 9.69 Å². The van der Waals surface area contributed by atoms with E-state index < -0.39 is 5.92 Å². The zero-order chi connectivity index (χ0) is 23.8. The highest BCUT2D eigenvalue weighted by molar-refractivity contribution is 8.01. The highest BCUT2D eigenvalue weighted by atomic mass is 32.2. The summed E-state index contributed by atoms with van der Waals surface area (Å²) in [6, 6.07) is 11.7. The van der Waals surface area contributed by atoms with Gasteiger partial charge in [-0.05, 0) is 17.9 Å². The lowest BCUT2D eigenvalue weighted by Crippen LogP contribution is -2.42. The number of Topliss-reactive ketones (excluding diaryl/α,β-unsaturated/α-hetero) is 1. The maximum Gasteiger partial charge on any atom is 0.219 e. The van der Waals surface area contributed by atoms with Crippen molar-refractivity contribution in [1.82, 2.24) is 10.2 Å². The van der Waals surface area contributed by atoms with Gasteiger partial charge < -0.3 is 10.5 Å². The number of para-hydroxylation sites is 1. The molecular formula is C23H22N6O2S2. The molecule has 4 rings (SSSR count). The molecule has 1 atom stereocenters. The molecule has 2 aliphatic rings. The van der Waals surface area contributed by atoms with E-state index in [4.69, 9.17) is 15.7 Å². The Hall–Kier alpha value is -3.34. The number of hydrogen-bond acceptors (Lipinski definition) is 10. The van der Waals surface area contributed by atoms with Crippen molar-refractivity contribution < 1.29 is 9.53 Å². The number of nitrogens with two attached hydrogens (primary N) is 1. The van der Waals surface area contributed by atoms with Crippen LogP contribution in [-0.2, 0) is 4.79 Å². The van der Waals surface area contributed by atoms with Gasteiger partial charge in [0.25, 0.3) is 0 Å². The maximum absolute atomic E-state index is 13.5. The van der Waals surface area contributed by atoms with E-state index in [-0.39, 0.29) is 28.3 Å². The first-order valence-corrected chi connectivity index (χ1v) is 12.0. The Kier molecular flexibility index (Phi) is 6.15. The monoisotopic (exact) mass is 478 g/mol. The van der Waals surface area contributed by atoms with Gasteiger partial charge in [0.2, 0.25) is 5.13 Å². The fourth-order valence-corrected chi connectivity index (χ4v) is 5.93. The minimum absolute atomic E-state index is 0.0222. The third-order valence-corrected chi connectivity index (χ3v) is 7.59. The van der Waals surface area contributed by atoms with Crippen molar-refractivity contribution in [3.05, 3.63) is 52.5 Å². The number of aromatic nitrogens is 2. The molecule has 1 aliphatic heterocycles.